The van der Waals surface area contributed by atoms with Crippen LogP contribution in [0.5, 0.6) is 5.75 Å². The Morgan fingerprint density at radius 1 is 1.00 bits per heavy atom. The number of carbonyl (C=O) groups is 2. The molecular weight excluding hydrogens is 456 g/mol. The van der Waals surface area contributed by atoms with E-state index in [0.29, 0.717) is 12.3 Å². The Kier molecular flexibility index (Phi) is 7.69. The quantitative estimate of drug-likeness (QED) is 0.495. The van der Waals surface area contributed by atoms with Crippen molar-refractivity contribution in [3.63, 3.8) is 0 Å². The summed E-state index contributed by atoms with van der Waals surface area (Å²) in [4.78, 5) is 27.4. The molecule has 0 heterocycles. The summed E-state index contributed by atoms with van der Waals surface area (Å²) in [5.41, 5.74) is 0.928. The van der Waals surface area contributed by atoms with E-state index in [4.69, 9.17) is 4.74 Å². The van der Waals surface area contributed by atoms with Gasteiger partial charge in [0.25, 0.3) is 5.91 Å². The van der Waals surface area contributed by atoms with Gasteiger partial charge in [0.1, 0.15) is 11.8 Å². The van der Waals surface area contributed by atoms with E-state index in [1.165, 1.54) is 0 Å². The van der Waals surface area contributed by atoms with Gasteiger partial charge in [-0.25, -0.2) is 0 Å². The zero-order valence-corrected chi connectivity index (χ0v) is 19.6. The van der Waals surface area contributed by atoms with Crippen molar-refractivity contribution >= 4 is 38.5 Å². The molecule has 0 spiro atoms. The average molecular weight is 483 g/mol. The molecule has 0 bridgehead atoms. The first-order valence-electron chi connectivity index (χ1n) is 10.3. The Labute approximate surface area is 191 Å². The predicted molar refractivity (Wildman–Crippen MR) is 127 cm³/mol. The van der Waals surface area contributed by atoms with Crippen LogP contribution in [0.25, 0.3) is 10.8 Å². The van der Waals surface area contributed by atoms with Crippen molar-refractivity contribution in [3.8, 4) is 5.75 Å². The van der Waals surface area contributed by atoms with E-state index in [1.54, 1.807) is 11.8 Å². The Balaban J connectivity index is 1.79. The number of nitrogens with zero attached hydrogens (tertiary/aromatic N) is 1. The zero-order chi connectivity index (χ0) is 22.4. The minimum atomic E-state index is -0.634. The van der Waals surface area contributed by atoms with Crippen molar-refractivity contribution < 1.29 is 14.3 Å². The highest BCUT2D eigenvalue weighted by atomic mass is 79.9. The highest BCUT2D eigenvalue weighted by molar-refractivity contribution is 9.10. The van der Waals surface area contributed by atoms with Crippen LogP contribution in [-0.2, 0) is 16.1 Å². The van der Waals surface area contributed by atoms with Crippen LogP contribution in [0.2, 0.25) is 0 Å². The van der Waals surface area contributed by atoms with Gasteiger partial charge in [0, 0.05) is 22.4 Å². The molecule has 0 aliphatic carbocycles. The molecule has 3 aromatic rings. The number of fused-ring (bicyclic) bond motifs is 1. The second kappa shape index (κ2) is 10.4. The summed E-state index contributed by atoms with van der Waals surface area (Å²) in [6.07, 6.45) is 0. The van der Waals surface area contributed by atoms with E-state index in [2.05, 4.69) is 21.2 Å². The lowest BCUT2D eigenvalue weighted by molar-refractivity contribution is -0.142. The van der Waals surface area contributed by atoms with Gasteiger partial charge in [-0.3, -0.25) is 9.59 Å². The molecule has 2 amide bonds. The first kappa shape index (κ1) is 22.8. The molecule has 162 valence electrons. The molecule has 31 heavy (non-hydrogen) atoms. The molecule has 0 aromatic heterocycles. The molecule has 0 aliphatic rings. The van der Waals surface area contributed by atoms with Gasteiger partial charge in [0.15, 0.2) is 6.61 Å². The van der Waals surface area contributed by atoms with Crippen molar-refractivity contribution in [2.75, 3.05) is 6.61 Å². The third-order valence-corrected chi connectivity index (χ3v) is 5.43. The maximum Gasteiger partial charge on any atom is 0.261 e. The van der Waals surface area contributed by atoms with Crippen LogP contribution >= 0.6 is 15.9 Å². The molecule has 1 N–H and O–H groups in total. The third-order valence-electron chi connectivity index (χ3n) is 4.94. The highest BCUT2D eigenvalue weighted by Crippen LogP contribution is 2.25. The fourth-order valence-electron chi connectivity index (χ4n) is 3.36. The van der Waals surface area contributed by atoms with Crippen LogP contribution in [0, 0.1) is 0 Å². The summed E-state index contributed by atoms with van der Waals surface area (Å²) in [6.45, 7) is 5.69. The predicted octanol–water partition coefficient (Wildman–Crippen LogP) is 4.92. The van der Waals surface area contributed by atoms with Crippen LogP contribution < -0.4 is 10.1 Å². The van der Waals surface area contributed by atoms with Crippen LogP contribution in [0.15, 0.2) is 71.2 Å². The third kappa shape index (κ3) is 6.07. The molecule has 0 unspecified atom stereocenters. The molecule has 6 heteroatoms. The average Bonchev–Trinajstić information content (AvgIpc) is 2.75. The van der Waals surface area contributed by atoms with Crippen molar-refractivity contribution in [3.05, 3.63) is 76.8 Å². The van der Waals surface area contributed by atoms with Crippen molar-refractivity contribution in [1.29, 1.82) is 0 Å². The van der Waals surface area contributed by atoms with Gasteiger partial charge < -0.3 is 15.0 Å². The number of hydrogen-bond acceptors (Lipinski definition) is 3. The lowest BCUT2D eigenvalue weighted by Crippen LogP contribution is -2.50. The summed E-state index contributed by atoms with van der Waals surface area (Å²) < 4.78 is 6.82. The normalized spacial score (nSPS) is 11.9. The smallest absolute Gasteiger partial charge is 0.261 e. The molecule has 0 radical (unpaired) electrons. The van der Waals surface area contributed by atoms with E-state index in [-0.39, 0.29) is 24.5 Å². The fourth-order valence-corrected chi connectivity index (χ4v) is 3.81. The minimum absolute atomic E-state index is 0.00953. The number of carbonyl (C=O) groups excluding carboxylic acids is 2. The van der Waals surface area contributed by atoms with Crippen LogP contribution in [0.4, 0.5) is 0 Å². The highest BCUT2D eigenvalue weighted by Gasteiger charge is 2.27. The maximum absolute atomic E-state index is 13.2. The summed E-state index contributed by atoms with van der Waals surface area (Å²) >= 11 is 3.46. The Morgan fingerprint density at radius 3 is 2.45 bits per heavy atom. The van der Waals surface area contributed by atoms with E-state index in [0.717, 1.165) is 20.8 Å². The summed E-state index contributed by atoms with van der Waals surface area (Å²) in [5.74, 6) is 0.205. The van der Waals surface area contributed by atoms with E-state index < -0.39 is 6.04 Å². The van der Waals surface area contributed by atoms with Crippen molar-refractivity contribution in [1.82, 2.24) is 10.2 Å². The number of ether oxygens (including phenoxy) is 1. The zero-order valence-electron chi connectivity index (χ0n) is 18.0. The van der Waals surface area contributed by atoms with Crippen LogP contribution in [0.3, 0.4) is 0 Å². The molecule has 3 aromatic carbocycles. The monoisotopic (exact) mass is 482 g/mol. The number of amides is 2. The SMILES string of the molecule is CC(C)NC(=O)[C@@H](C)N(Cc1cccc(Br)c1)C(=O)COc1cccc2ccccc12. The topological polar surface area (TPSA) is 58.6 Å². The molecule has 3 rings (SSSR count). The maximum atomic E-state index is 13.2. The fraction of sp³-hybridized carbons (Fsp3) is 0.280. The number of rotatable bonds is 8. The van der Waals surface area contributed by atoms with Crippen LogP contribution in [0.1, 0.15) is 26.3 Å². The van der Waals surface area contributed by atoms with E-state index in [1.807, 2.05) is 80.6 Å². The number of nitrogens with one attached hydrogen (secondary N) is 1. The number of halogens is 1. The molecule has 1 atom stereocenters. The number of benzene rings is 3. The number of hydrogen-bond donors (Lipinski definition) is 1. The van der Waals surface area contributed by atoms with Gasteiger partial charge in [0.05, 0.1) is 0 Å². The minimum Gasteiger partial charge on any atom is -0.483 e. The molecular formula is C25H27BrN2O3. The molecule has 5 nitrogen and oxygen atoms in total. The van der Waals surface area contributed by atoms with Crippen molar-refractivity contribution in [2.24, 2.45) is 0 Å². The molecule has 0 aliphatic heterocycles. The lowest BCUT2D eigenvalue weighted by Gasteiger charge is -2.29. The molecule has 0 fully saturated rings. The largest absolute Gasteiger partial charge is 0.483 e. The van der Waals surface area contributed by atoms with E-state index >= 15 is 0 Å². The summed E-state index contributed by atoms with van der Waals surface area (Å²) in [5, 5.41) is 4.88. The Morgan fingerprint density at radius 2 is 1.71 bits per heavy atom. The first-order chi connectivity index (χ1) is 14.8. The Hall–Kier alpha value is -2.86. The van der Waals surface area contributed by atoms with Crippen LogP contribution in [-0.4, -0.2) is 35.4 Å². The van der Waals surface area contributed by atoms with Crippen molar-refractivity contribution in [2.45, 2.75) is 39.4 Å². The summed E-state index contributed by atoms with van der Waals surface area (Å²) in [6, 6.07) is 20.7. The van der Waals surface area contributed by atoms with Gasteiger partial charge in [0.2, 0.25) is 5.91 Å². The second-order valence-electron chi connectivity index (χ2n) is 7.76. The summed E-state index contributed by atoms with van der Waals surface area (Å²) in [7, 11) is 0. The molecule has 0 saturated heterocycles. The van der Waals surface area contributed by atoms with Gasteiger partial charge >= 0.3 is 0 Å². The Bertz CT molecular complexity index is 1060. The van der Waals surface area contributed by atoms with Gasteiger partial charge in [-0.1, -0.05) is 64.5 Å². The standard InChI is InChI=1S/C25H27BrN2O3/c1-17(2)27-25(30)18(3)28(15-19-8-6-11-21(26)14-19)24(29)16-31-23-13-7-10-20-9-4-5-12-22(20)23/h4-14,17-18H,15-16H2,1-3H3,(H,27,30)/t18-/m1/s1. The molecule has 0 saturated carbocycles. The second-order valence-corrected chi connectivity index (χ2v) is 8.67. The van der Waals surface area contributed by atoms with Gasteiger partial charge in [-0.2, -0.15) is 0 Å². The van der Waals surface area contributed by atoms with Gasteiger partial charge in [-0.15, -0.1) is 0 Å². The van der Waals surface area contributed by atoms with Gasteiger partial charge in [-0.05, 0) is 49.9 Å². The van der Waals surface area contributed by atoms with E-state index in [9.17, 15) is 9.59 Å². The first-order valence-corrected chi connectivity index (χ1v) is 11.1. The lowest BCUT2D eigenvalue weighted by atomic mass is 10.1.